The van der Waals surface area contributed by atoms with Crippen LogP contribution in [0, 0.1) is 5.82 Å². The van der Waals surface area contributed by atoms with Crippen molar-refractivity contribution in [3.8, 4) is 22.4 Å². The summed E-state index contributed by atoms with van der Waals surface area (Å²) >= 11 is 0. The number of halogens is 1. The fourth-order valence-corrected chi connectivity index (χ4v) is 4.68. The van der Waals surface area contributed by atoms with Crippen molar-refractivity contribution in [3.63, 3.8) is 0 Å². The van der Waals surface area contributed by atoms with Crippen molar-refractivity contribution < 1.29 is 9.18 Å². The molecule has 0 spiro atoms. The molecule has 6 rings (SSSR count). The molecule has 1 saturated heterocycles. The number of likely N-dealkylation sites (tertiary alicyclic amines) is 1. The summed E-state index contributed by atoms with van der Waals surface area (Å²) in [5.41, 5.74) is 5.37. The number of nitrogens with one attached hydrogen (secondary N) is 2. The molecule has 0 aliphatic carbocycles. The second-order valence-electron chi connectivity index (χ2n) is 9.14. The quantitative estimate of drug-likeness (QED) is 0.343. The van der Waals surface area contributed by atoms with E-state index in [-0.39, 0.29) is 11.6 Å². The third-order valence-corrected chi connectivity index (χ3v) is 6.58. The standard InChI is InChI=1S/C28H24FN7O/c29-24-7-8-30-16-23(24)25-6-4-21(15-32-25)33-28(37)27-22-12-19(3-5-26(22)34-35-27)20-11-18(13-31-14-20)17-36-9-1-2-10-36/h3-8,11-16H,1-2,9-10,17H2,(H,33,37)(H,34,35). The minimum Gasteiger partial charge on any atom is -0.319 e. The number of anilines is 1. The second kappa shape index (κ2) is 9.87. The first-order valence-corrected chi connectivity index (χ1v) is 12.2. The molecule has 0 bridgehead atoms. The minimum absolute atomic E-state index is 0.278. The van der Waals surface area contributed by atoms with Gasteiger partial charge >= 0.3 is 0 Å². The Bertz CT molecular complexity index is 1580. The van der Waals surface area contributed by atoms with Gasteiger partial charge in [-0.05, 0) is 73.5 Å². The van der Waals surface area contributed by atoms with Crippen molar-refractivity contribution >= 4 is 22.5 Å². The Morgan fingerprint density at radius 2 is 1.86 bits per heavy atom. The highest BCUT2D eigenvalue weighted by atomic mass is 19.1. The third-order valence-electron chi connectivity index (χ3n) is 6.58. The van der Waals surface area contributed by atoms with Crippen LogP contribution in [0.15, 0.2) is 73.4 Å². The van der Waals surface area contributed by atoms with Crippen molar-refractivity contribution in [1.29, 1.82) is 0 Å². The summed E-state index contributed by atoms with van der Waals surface area (Å²) in [5.74, 6) is -0.777. The van der Waals surface area contributed by atoms with Crippen molar-refractivity contribution in [1.82, 2.24) is 30.0 Å². The van der Waals surface area contributed by atoms with E-state index in [2.05, 4.69) is 41.4 Å². The van der Waals surface area contributed by atoms with E-state index >= 15 is 0 Å². The van der Waals surface area contributed by atoms with Gasteiger partial charge in [0.1, 0.15) is 5.82 Å². The van der Waals surface area contributed by atoms with Crippen molar-refractivity contribution in [2.75, 3.05) is 18.4 Å². The monoisotopic (exact) mass is 493 g/mol. The summed E-state index contributed by atoms with van der Waals surface area (Å²) < 4.78 is 14.0. The molecule has 0 radical (unpaired) electrons. The first kappa shape index (κ1) is 22.9. The fourth-order valence-electron chi connectivity index (χ4n) is 4.68. The van der Waals surface area contributed by atoms with Crippen LogP contribution in [0.3, 0.4) is 0 Å². The molecule has 0 atom stereocenters. The number of carbonyl (C=O) groups is 1. The Kier molecular flexibility index (Phi) is 6.11. The first-order chi connectivity index (χ1) is 18.1. The zero-order valence-electron chi connectivity index (χ0n) is 20.0. The lowest BCUT2D eigenvalue weighted by atomic mass is 10.0. The number of pyridine rings is 3. The van der Waals surface area contributed by atoms with Crippen LogP contribution in [0.5, 0.6) is 0 Å². The van der Waals surface area contributed by atoms with Crippen LogP contribution < -0.4 is 5.32 Å². The molecule has 0 unspecified atom stereocenters. The average molecular weight is 494 g/mol. The lowest BCUT2D eigenvalue weighted by molar-refractivity contribution is 0.102. The molecule has 1 aromatic carbocycles. The normalized spacial score (nSPS) is 13.8. The Morgan fingerprint density at radius 1 is 0.973 bits per heavy atom. The van der Waals surface area contributed by atoms with Crippen molar-refractivity contribution in [2.45, 2.75) is 19.4 Å². The number of amides is 1. The summed E-state index contributed by atoms with van der Waals surface area (Å²) in [4.78, 5) is 28.2. The number of H-pyrrole nitrogens is 1. The number of benzene rings is 1. The zero-order chi connectivity index (χ0) is 25.2. The van der Waals surface area contributed by atoms with Crippen molar-refractivity contribution in [2.24, 2.45) is 0 Å². The number of carbonyl (C=O) groups excluding carboxylic acids is 1. The highest BCUT2D eigenvalue weighted by Gasteiger charge is 2.17. The number of aromatic amines is 1. The van der Waals surface area contributed by atoms with E-state index in [1.54, 1.807) is 12.1 Å². The second-order valence-corrected chi connectivity index (χ2v) is 9.14. The van der Waals surface area contributed by atoms with Gasteiger partial charge in [-0.25, -0.2) is 4.39 Å². The summed E-state index contributed by atoms with van der Waals surface area (Å²) in [6.45, 7) is 3.15. The van der Waals surface area contributed by atoms with E-state index in [1.807, 2.05) is 30.6 Å². The smallest absolute Gasteiger partial charge is 0.276 e. The molecule has 5 heterocycles. The molecule has 1 amide bonds. The summed E-state index contributed by atoms with van der Waals surface area (Å²) in [6.07, 6.45) is 10.5. The average Bonchev–Trinajstić information content (AvgIpc) is 3.59. The lowest BCUT2D eigenvalue weighted by Gasteiger charge is -2.14. The van der Waals surface area contributed by atoms with Gasteiger partial charge in [0.05, 0.1) is 28.7 Å². The molecule has 184 valence electrons. The van der Waals surface area contributed by atoms with Crippen LogP contribution in [-0.2, 0) is 6.54 Å². The minimum atomic E-state index is -0.408. The van der Waals surface area contributed by atoms with Crippen LogP contribution in [0.4, 0.5) is 10.1 Å². The van der Waals surface area contributed by atoms with Gasteiger partial charge in [0, 0.05) is 42.3 Å². The van der Waals surface area contributed by atoms with E-state index in [0.717, 1.165) is 36.3 Å². The zero-order valence-corrected chi connectivity index (χ0v) is 20.0. The van der Waals surface area contributed by atoms with E-state index in [9.17, 15) is 9.18 Å². The molecule has 0 saturated carbocycles. The van der Waals surface area contributed by atoms with Gasteiger partial charge in [-0.3, -0.25) is 29.7 Å². The predicted molar refractivity (Wildman–Crippen MR) is 139 cm³/mol. The Hall–Kier alpha value is -4.50. The number of hydrogen-bond donors (Lipinski definition) is 2. The SMILES string of the molecule is O=C(Nc1ccc(-c2cnccc2F)nc1)c1n[nH]c2ccc(-c3cncc(CN4CCCC4)c3)cc12. The van der Waals surface area contributed by atoms with Gasteiger partial charge in [0.25, 0.3) is 5.91 Å². The number of fused-ring (bicyclic) bond motifs is 1. The molecule has 9 heteroatoms. The number of aromatic nitrogens is 5. The number of nitrogens with zero attached hydrogens (tertiary/aromatic N) is 5. The van der Waals surface area contributed by atoms with Crippen LogP contribution in [-0.4, -0.2) is 49.0 Å². The van der Waals surface area contributed by atoms with Gasteiger partial charge in [-0.1, -0.05) is 6.07 Å². The van der Waals surface area contributed by atoms with Crippen LogP contribution in [0.25, 0.3) is 33.3 Å². The van der Waals surface area contributed by atoms with Gasteiger partial charge in [-0.15, -0.1) is 0 Å². The van der Waals surface area contributed by atoms with Gasteiger partial charge in [0.2, 0.25) is 0 Å². The van der Waals surface area contributed by atoms with Gasteiger partial charge in [0.15, 0.2) is 5.69 Å². The molecule has 4 aromatic heterocycles. The van der Waals surface area contributed by atoms with Gasteiger partial charge < -0.3 is 5.32 Å². The molecule has 1 aliphatic rings. The Labute approximate surface area is 212 Å². The molecular formula is C28H24FN7O. The van der Waals surface area contributed by atoms with Crippen LogP contribution in [0.2, 0.25) is 0 Å². The number of hydrogen-bond acceptors (Lipinski definition) is 6. The highest BCUT2D eigenvalue weighted by molar-refractivity contribution is 6.11. The van der Waals surface area contributed by atoms with E-state index < -0.39 is 5.82 Å². The fraction of sp³-hybridized carbons (Fsp3) is 0.179. The third kappa shape index (κ3) is 4.81. The van der Waals surface area contributed by atoms with Crippen LogP contribution >= 0.6 is 0 Å². The first-order valence-electron chi connectivity index (χ1n) is 12.2. The Balaban J connectivity index is 1.23. The molecule has 8 nitrogen and oxygen atoms in total. The Morgan fingerprint density at radius 3 is 2.68 bits per heavy atom. The predicted octanol–water partition coefficient (Wildman–Crippen LogP) is 5.07. The summed E-state index contributed by atoms with van der Waals surface area (Å²) in [5, 5.41) is 10.7. The van der Waals surface area contributed by atoms with E-state index in [0.29, 0.717) is 22.3 Å². The molecule has 5 aromatic rings. The molecule has 1 fully saturated rings. The summed E-state index contributed by atoms with van der Waals surface area (Å²) in [7, 11) is 0. The maximum atomic E-state index is 14.0. The van der Waals surface area contributed by atoms with Crippen LogP contribution in [0.1, 0.15) is 28.9 Å². The molecule has 2 N–H and O–H groups in total. The molecular weight excluding hydrogens is 469 g/mol. The maximum absolute atomic E-state index is 14.0. The van der Waals surface area contributed by atoms with Gasteiger partial charge in [-0.2, -0.15) is 5.10 Å². The van der Waals surface area contributed by atoms with E-state index in [1.165, 1.54) is 43.1 Å². The summed E-state index contributed by atoms with van der Waals surface area (Å²) in [6, 6.07) is 12.6. The maximum Gasteiger partial charge on any atom is 0.276 e. The molecule has 1 aliphatic heterocycles. The van der Waals surface area contributed by atoms with E-state index in [4.69, 9.17) is 0 Å². The number of rotatable bonds is 6. The largest absolute Gasteiger partial charge is 0.319 e. The van der Waals surface area contributed by atoms with Crippen molar-refractivity contribution in [3.05, 3.63) is 90.5 Å². The molecule has 37 heavy (non-hydrogen) atoms. The lowest BCUT2D eigenvalue weighted by Crippen LogP contribution is -2.18. The topological polar surface area (TPSA) is 99.7 Å². The highest BCUT2D eigenvalue weighted by Crippen LogP contribution is 2.27.